The van der Waals surface area contributed by atoms with E-state index in [2.05, 4.69) is 28.7 Å². The van der Waals surface area contributed by atoms with Crippen LogP contribution in [0, 0.1) is 44.9 Å². The van der Waals surface area contributed by atoms with Gasteiger partial charge in [0.15, 0.2) is 0 Å². The van der Waals surface area contributed by atoms with Crippen molar-refractivity contribution in [2.24, 2.45) is 5.92 Å². The van der Waals surface area contributed by atoms with Crippen LogP contribution in [0.2, 0.25) is 0 Å². The van der Waals surface area contributed by atoms with Gasteiger partial charge in [0, 0.05) is 29.2 Å². The van der Waals surface area contributed by atoms with Crippen molar-refractivity contribution >= 4 is 17.7 Å². The third-order valence-corrected chi connectivity index (χ3v) is 5.22. The molecular weight excluding hydrogens is 388 g/mol. The summed E-state index contributed by atoms with van der Waals surface area (Å²) in [6, 6.07) is 11.3. The molecule has 2 heterocycles. The van der Waals surface area contributed by atoms with E-state index in [0.717, 1.165) is 40.5 Å². The summed E-state index contributed by atoms with van der Waals surface area (Å²) in [4.78, 5) is 17.2. The first-order chi connectivity index (χ1) is 14.7. The fourth-order valence-electron chi connectivity index (χ4n) is 3.45. The van der Waals surface area contributed by atoms with E-state index in [1.807, 2.05) is 52.0 Å². The Morgan fingerprint density at radius 1 is 1.26 bits per heavy atom. The van der Waals surface area contributed by atoms with Crippen LogP contribution in [0.25, 0.3) is 17.5 Å². The van der Waals surface area contributed by atoms with E-state index in [0.29, 0.717) is 17.5 Å². The molecule has 160 valence electrons. The monoisotopic (exact) mass is 416 g/mol. The molecule has 6 heteroatoms. The summed E-state index contributed by atoms with van der Waals surface area (Å²) in [5.41, 5.74) is 5.25. The van der Waals surface area contributed by atoms with Crippen LogP contribution in [-0.2, 0) is 11.3 Å². The van der Waals surface area contributed by atoms with Crippen LogP contribution in [0.15, 0.2) is 40.3 Å². The summed E-state index contributed by atoms with van der Waals surface area (Å²) in [5.74, 6) is 1.31. The highest BCUT2D eigenvalue weighted by molar-refractivity contribution is 6.09. The van der Waals surface area contributed by atoms with Gasteiger partial charge >= 0.3 is 0 Å². The van der Waals surface area contributed by atoms with Crippen LogP contribution in [0.1, 0.15) is 42.3 Å². The molecule has 0 radical (unpaired) electrons. The van der Waals surface area contributed by atoms with Crippen molar-refractivity contribution in [3.63, 3.8) is 0 Å². The third kappa shape index (κ3) is 4.95. The summed E-state index contributed by atoms with van der Waals surface area (Å²) in [6.07, 6.45) is 1.65. The summed E-state index contributed by atoms with van der Waals surface area (Å²) >= 11 is 0. The van der Waals surface area contributed by atoms with E-state index in [1.54, 1.807) is 18.2 Å². The molecule has 1 aromatic carbocycles. The molecule has 31 heavy (non-hydrogen) atoms. The first kappa shape index (κ1) is 22.1. The van der Waals surface area contributed by atoms with E-state index < -0.39 is 5.91 Å². The number of aryl methyl sites for hydroxylation is 3. The summed E-state index contributed by atoms with van der Waals surface area (Å²) < 4.78 is 7.89. The lowest BCUT2D eigenvalue weighted by Crippen LogP contribution is -2.13. The van der Waals surface area contributed by atoms with Gasteiger partial charge < -0.3 is 14.3 Å². The molecule has 0 aliphatic heterocycles. The average Bonchev–Trinajstić information content (AvgIpc) is 3.19. The van der Waals surface area contributed by atoms with Gasteiger partial charge in [0.1, 0.15) is 17.4 Å². The van der Waals surface area contributed by atoms with Gasteiger partial charge in [0.2, 0.25) is 5.89 Å². The predicted octanol–water partition coefficient (Wildman–Crippen LogP) is 5.58. The number of hydrogen-bond acceptors (Lipinski definition) is 4. The largest absolute Gasteiger partial charge is 0.441 e. The topological polar surface area (TPSA) is 83.9 Å². The van der Waals surface area contributed by atoms with Crippen LogP contribution in [0.4, 0.5) is 5.69 Å². The molecule has 6 nitrogen and oxygen atoms in total. The Balaban J connectivity index is 1.84. The minimum absolute atomic E-state index is 0.0537. The van der Waals surface area contributed by atoms with Gasteiger partial charge in [0.25, 0.3) is 5.91 Å². The van der Waals surface area contributed by atoms with Gasteiger partial charge in [-0.25, -0.2) is 4.98 Å². The summed E-state index contributed by atoms with van der Waals surface area (Å²) in [7, 11) is 0. The zero-order valence-electron chi connectivity index (χ0n) is 18.9. The standard InChI is InChI=1S/C25H28N4O2/c1-15(2)14-29-16(3)10-21(18(29)5)11-22(13-26)24(30)28-23-9-7-8-20(12-23)25-27-17(4)19(6)31-25/h7-12,15H,14H2,1-6H3,(H,28,30)/b22-11+. The minimum atomic E-state index is -0.451. The maximum Gasteiger partial charge on any atom is 0.266 e. The molecule has 0 bridgehead atoms. The van der Waals surface area contributed by atoms with E-state index in [9.17, 15) is 10.1 Å². The quantitative estimate of drug-likeness (QED) is 0.420. The third-order valence-electron chi connectivity index (χ3n) is 5.22. The Hall–Kier alpha value is -3.59. The number of rotatable bonds is 6. The zero-order chi connectivity index (χ0) is 22.7. The van der Waals surface area contributed by atoms with Gasteiger partial charge in [-0.2, -0.15) is 5.26 Å². The lowest BCUT2D eigenvalue weighted by Gasteiger charge is -2.12. The van der Waals surface area contributed by atoms with Gasteiger partial charge in [-0.15, -0.1) is 0 Å². The molecule has 0 aliphatic carbocycles. The van der Waals surface area contributed by atoms with E-state index in [-0.39, 0.29) is 5.57 Å². The minimum Gasteiger partial charge on any atom is -0.441 e. The molecule has 3 aromatic rings. The van der Waals surface area contributed by atoms with E-state index in [4.69, 9.17) is 4.42 Å². The molecule has 0 spiro atoms. The van der Waals surface area contributed by atoms with E-state index in [1.165, 1.54) is 0 Å². The van der Waals surface area contributed by atoms with Crippen LogP contribution in [0.3, 0.4) is 0 Å². The maximum absolute atomic E-state index is 12.8. The van der Waals surface area contributed by atoms with Crippen molar-refractivity contribution in [1.29, 1.82) is 5.26 Å². The Labute approximate surface area is 183 Å². The summed E-state index contributed by atoms with van der Waals surface area (Å²) in [6.45, 7) is 13.0. The molecule has 2 aromatic heterocycles. The first-order valence-electron chi connectivity index (χ1n) is 10.3. The second-order valence-electron chi connectivity index (χ2n) is 8.20. The van der Waals surface area contributed by atoms with Crippen molar-refractivity contribution in [2.75, 3.05) is 5.32 Å². The number of nitriles is 1. The fourth-order valence-corrected chi connectivity index (χ4v) is 3.45. The molecule has 0 unspecified atom stereocenters. The van der Waals surface area contributed by atoms with Gasteiger partial charge in [-0.1, -0.05) is 19.9 Å². The number of amides is 1. The number of carbonyl (C=O) groups is 1. The number of aromatic nitrogens is 2. The highest BCUT2D eigenvalue weighted by atomic mass is 16.4. The number of anilines is 1. The van der Waals surface area contributed by atoms with Crippen LogP contribution in [-0.4, -0.2) is 15.5 Å². The molecule has 0 atom stereocenters. The van der Waals surface area contributed by atoms with Crippen molar-refractivity contribution < 1.29 is 9.21 Å². The predicted molar refractivity (Wildman–Crippen MR) is 122 cm³/mol. The van der Waals surface area contributed by atoms with Crippen LogP contribution in [0.5, 0.6) is 0 Å². The Morgan fingerprint density at radius 2 is 2.00 bits per heavy atom. The smallest absolute Gasteiger partial charge is 0.266 e. The number of hydrogen-bond donors (Lipinski definition) is 1. The number of nitrogens with zero attached hydrogens (tertiary/aromatic N) is 3. The second kappa shape index (κ2) is 9.05. The van der Waals surface area contributed by atoms with Crippen LogP contribution >= 0.6 is 0 Å². The van der Waals surface area contributed by atoms with Crippen molar-refractivity contribution in [3.8, 4) is 17.5 Å². The molecule has 0 fully saturated rings. The lowest BCUT2D eigenvalue weighted by atomic mass is 10.1. The number of oxazole rings is 1. The van der Waals surface area contributed by atoms with Gasteiger partial charge in [0.05, 0.1) is 5.69 Å². The number of nitrogens with one attached hydrogen (secondary N) is 1. The molecular formula is C25H28N4O2. The highest BCUT2D eigenvalue weighted by Gasteiger charge is 2.15. The molecule has 0 saturated carbocycles. The molecule has 0 saturated heterocycles. The van der Waals surface area contributed by atoms with Crippen LogP contribution < -0.4 is 5.32 Å². The number of carbonyl (C=O) groups excluding carboxylic acids is 1. The van der Waals surface area contributed by atoms with Gasteiger partial charge in [-0.3, -0.25) is 4.79 Å². The van der Waals surface area contributed by atoms with Gasteiger partial charge in [-0.05, 0) is 69.5 Å². The van der Waals surface area contributed by atoms with Crippen molar-refractivity contribution in [1.82, 2.24) is 9.55 Å². The normalized spacial score (nSPS) is 11.6. The van der Waals surface area contributed by atoms with E-state index >= 15 is 0 Å². The molecule has 0 aliphatic rings. The highest BCUT2D eigenvalue weighted by Crippen LogP contribution is 2.25. The SMILES string of the molecule is Cc1nc(-c2cccc(NC(=O)/C(C#N)=C/c3cc(C)n(CC(C)C)c3C)c2)oc1C. The fraction of sp³-hybridized carbons (Fsp3) is 0.320. The Bertz CT molecular complexity index is 1170. The molecule has 1 N–H and O–H groups in total. The lowest BCUT2D eigenvalue weighted by molar-refractivity contribution is -0.112. The Kier molecular flexibility index (Phi) is 6.45. The van der Waals surface area contributed by atoms with Crippen molar-refractivity contribution in [2.45, 2.75) is 48.1 Å². The van der Waals surface area contributed by atoms with Crippen molar-refractivity contribution in [3.05, 3.63) is 64.3 Å². The molecule has 3 rings (SSSR count). The second-order valence-corrected chi connectivity index (χ2v) is 8.20. The average molecular weight is 417 g/mol. The zero-order valence-corrected chi connectivity index (χ0v) is 18.9. The Morgan fingerprint density at radius 3 is 2.61 bits per heavy atom. The maximum atomic E-state index is 12.8. The first-order valence-corrected chi connectivity index (χ1v) is 10.3. The molecule has 1 amide bonds. The number of benzene rings is 1. The summed E-state index contributed by atoms with van der Waals surface area (Å²) in [5, 5.41) is 12.4.